The summed E-state index contributed by atoms with van der Waals surface area (Å²) in [5.74, 6) is 0.794. The highest BCUT2D eigenvalue weighted by Crippen LogP contribution is 2.48. The minimum Gasteiger partial charge on any atom is -0.356 e. The van der Waals surface area contributed by atoms with Gasteiger partial charge < -0.3 is 10.6 Å². The number of aromatic amines is 1. The Morgan fingerprint density at radius 1 is 1.35 bits per heavy atom. The summed E-state index contributed by atoms with van der Waals surface area (Å²) in [4.78, 5) is 4.26. The molecule has 1 heterocycles. The predicted molar refractivity (Wildman–Crippen MR) is 105 cm³/mol. The van der Waals surface area contributed by atoms with Crippen LogP contribution < -0.4 is 10.6 Å². The number of aliphatic imine (C=N–C) groups is 1. The molecule has 5 nitrogen and oxygen atoms in total. The topological polar surface area (TPSA) is 65.1 Å². The summed E-state index contributed by atoms with van der Waals surface area (Å²) in [6, 6.07) is 10.1. The molecule has 7 heteroatoms. The highest BCUT2D eigenvalue weighted by atomic mass is 127. The Morgan fingerprint density at radius 3 is 2.78 bits per heavy atom. The van der Waals surface area contributed by atoms with Crippen LogP contribution in [0.2, 0.25) is 5.02 Å². The number of aromatic nitrogens is 2. The molecular weight excluding hydrogens is 425 g/mol. The van der Waals surface area contributed by atoms with Crippen LogP contribution >= 0.6 is 35.6 Å². The molecule has 2 aromatic rings. The molecular formula is C16H21ClIN5. The fourth-order valence-corrected chi connectivity index (χ4v) is 2.76. The van der Waals surface area contributed by atoms with Gasteiger partial charge in [0.15, 0.2) is 5.96 Å². The first kappa shape index (κ1) is 18.1. The van der Waals surface area contributed by atoms with E-state index in [4.69, 9.17) is 11.6 Å². The minimum atomic E-state index is 0. The van der Waals surface area contributed by atoms with Crippen molar-refractivity contribution in [3.8, 4) is 0 Å². The molecule has 0 amide bonds. The summed E-state index contributed by atoms with van der Waals surface area (Å²) in [5.41, 5.74) is 2.52. The number of nitrogens with zero attached hydrogens (tertiary/aromatic N) is 2. The van der Waals surface area contributed by atoms with Crippen LogP contribution in [0.5, 0.6) is 0 Å². The smallest absolute Gasteiger partial charge is 0.191 e. The van der Waals surface area contributed by atoms with Gasteiger partial charge in [-0.1, -0.05) is 23.7 Å². The van der Waals surface area contributed by atoms with E-state index in [0.29, 0.717) is 6.54 Å². The Hall–Kier alpha value is -1.28. The molecule has 3 rings (SSSR count). The van der Waals surface area contributed by atoms with Gasteiger partial charge >= 0.3 is 0 Å². The second-order valence-corrected chi connectivity index (χ2v) is 6.09. The average Bonchev–Trinajstić information content (AvgIpc) is 3.14. The number of nitrogens with one attached hydrogen (secondary N) is 3. The maximum atomic E-state index is 6.11. The van der Waals surface area contributed by atoms with Crippen molar-refractivity contribution in [3.05, 3.63) is 52.8 Å². The molecule has 23 heavy (non-hydrogen) atoms. The molecule has 0 saturated heterocycles. The van der Waals surface area contributed by atoms with Gasteiger partial charge in [-0.25, -0.2) is 0 Å². The van der Waals surface area contributed by atoms with Crippen molar-refractivity contribution in [2.45, 2.75) is 24.8 Å². The SMILES string of the molecule is CN=C(NCc1ccn[nH]1)NCC1(c2cccc(Cl)c2)CC1.I. The number of rotatable bonds is 5. The molecule has 1 aliphatic carbocycles. The molecule has 0 atom stereocenters. The number of benzene rings is 1. The molecule has 1 aromatic carbocycles. The highest BCUT2D eigenvalue weighted by molar-refractivity contribution is 14.0. The van der Waals surface area contributed by atoms with Gasteiger partial charge in [-0.15, -0.1) is 24.0 Å². The Morgan fingerprint density at radius 2 is 2.17 bits per heavy atom. The maximum Gasteiger partial charge on any atom is 0.191 e. The van der Waals surface area contributed by atoms with E-state index in [2.05, 4.69) is 38.0 Å². The maximum absolute atomic E-state index is 6.11. The minimum absolute atomic E-state index is 0. The van der Waals surface area contributed by atoms with Gasteiger partial charge in [-0.05, 0) is 36.6 Å². The van der Waals surface area contributed by atoms with Crippen LogP contribution in [-0.4, -0.2) is 29.7 Å². The van der Waals surface area contributed by atoms with Gasteiger partial charge in [0.05, 0.1) is 12.2 Å². The first-order chi connectivity index (χ1) is 10.7. The molecule has 124 valence electrons. The quantitative estimate of drug-likeness (QED) is 0.376. The molecule has 0 radical (unpaired) electrons. The van der Waals surface area contributed by atoms with Gasteiger partial charge in [-0.3, -0.25) is 10.1 Å². The summed E-state index contributed by atoms with van der Waals surface area (Å²) in [5, 5.41) is 14.3. The van der Waals surface area contributed by atoms with Gasteiger partial charge in [0.2, 0.25) is 0 Å². The van der Waals surface area contributed by atoms with E-state index in [1.165, 1.54) is 18.4 Å². The third-order valence-corrected chi connectivity index (χ3v) is 4.35. The average molecular weight is 446 g/mol. The van der Waals surface area contributed by atoms with Crippen molar-refractivity contribution in [2.24, 2.45) is 4.99 Å². The van der Waals surface area contributed by atoms with Crippen molar-refractivity contribution in [2.75, 3.05) is 13.6 Å². The summed E-state index contributed by atoms with van der Waals surface area (Å²) >= 11 is 6.11. The summed E-state index contributed by atoms with van der Waals surface area (Å²) < 4.78 is 0. The summed E-state index contributed by atoms with van der Waals surface area (Å²) in [6.07, 6.45) is 4.10. The largest absolute Gasteiger partial charge is 0.356 e. The van der Waals surface area contributed by atoms with E-state index in [1.54, 1.807) is 13.2 Å². The molecule has 0 unspecified atom stereocenters. The van der Waals surface area contributed by atoms with Crippen molar-refractivity contribution in [3.63, 3.8) is 0 Å². The van der Waals surface area contributed by atoms with Gasteiger partial charge in [-0.2, -0.15) is 5.10 Å². The molecule has 1 aromatic heterocycles. The Kier molecular flexibility index (Phi) is 6.29. The summed E-state index contributed by atoms with van der Waals surface area (Å²) in [6.45, 7) is 1.53. The zero-order valence-corrected chi connectivity index (χ0v) is 16.1. The van der Waals surface area contributed by atoms with E-state index >= 15 is 0 Å². The second kappa shape index (κ2) is 8.01. The van der Waals surface area contributed by atoms with Crippen molar-refractivity contribution in [1.29, 1.82) is 0 Å². The number of guanidine groups is 1. The van der Waals surface area contributed by atoms with Crippen molar-refractivity contribution in [1.82, 2.24) is 20.8 Å². The van der Waals surface area contributed by atoms with E-state index in [1.807, 2.05) is 18.2 Å². The molecule has 1 aliphatic rings. The highest BCUT2D eigenvalue weighted by Gasteiger charge is 2.44. The van der Waals surface area contributed by atoms with E-state index in [0.717, 1.165) is 23.2 Å². The molecule has 1 saturated carbocycles. The second-order valence-electron chi connectivity index (χ2n) is 5.65. The molecule has 0 spiro atoms. The van der Waals surface area contributed by atoms with Gasteiger partial charge in [0.25, 0.3) is 0 Å². The summed E-state index contributed by atoms with van der Waals surface area (Å²) in [7, 11) is 1.78. The van der Waals surface area contributed by atoms with E-state index in [9.17, 15) is 0 Å². The third-order valence-electron chi connectivity index (χ3n) is 4.11. The molecule has 3 N–H and O–H groups in total. The van der Waals surface area contributed by atoms with Crippen molar-refractivity contribution >= 4 is 41.5 Å². The van der Waals surface area contributed by atoms with Crippen LogP contribution in [0.15, 0.2) is 41.5 Å². The van der Waals surface area contributed by atoms with Crippen LogP contribution in [0.25, 0.3) is 0 Å². The van der Waals surface area contributed by atoms with Crippen LogP contribution in [0.3, 0.4) is 0 Å². The fraction of sp³-hybridized carbons (Fsp3) is 0.375. The van der Waals surface area contributed by atoms with Crippen LogP contribution in [0, 0.1) is 0 Å². The Labute approximate surface area is 158 Å². The number of hydrogen-bond acceptors (Lipinski definition) is 2. The lowest BCUT2D eigenvalue weighted by Crippen LogP contribution is -2.40. The molecule has 1 fully saturated rings. The Bertz CT molecular complexity index is 652. The lowest BCUT2D eigenvalue weighted by molar-refractivity contribution is 0.644. The van der Waals surface area contributed by atoms with Crippen LogP contribution in [0.1, 0.15) is 24.1 Å². The lowest BCUT2D eigenvalue weighted by atomic mass is 9.96. The monoisotopic (exact) mass is 445 g/mol. The van der Waals surface area contributed by atoms with Crippen LogP contribution in [0.4, 0.5) is 0 Å². The first-order valence-electron chi connectivity index (χ1n) is 7.41. The van der Waals surface area contributed by atoms with E-state index < -0.39 is 0 Å². The fourth-order valence-electron chi connectivity index (χ4n) is 2.57. The molecule has 0 bridgehead atoms. The standard InChI is InChI=1S/C16H20ClN5.HI/c1-18-15(19-10-14-5-8-21-22-14)20-11-16(6-7-16)12-3-2-4-13(17)9-12;/h2-5,8-9H,6-7,10-11H2,1H3,(H,21,22)(H2,18,19,20);1H. The predicted octanol–water partition coefficient (Wildman–Crippen LogP) is 3.08. The molecule has 0 aliphatic heterocycles. The zero-order valence-electron chi connectivity index (χ0n) is 13.0. The third kappa shape index (κ3) is 4.60. The Balaban J connectivity index is 0.00000192. The van der Waals surface area contributed by atoms with Gasteiger partial charge in [0, 0.05) is 30.2 Å². The number of H-pyrrole nitrogens is 1. The number of hydrogen-bond donors (Lipinski definition) is 3. The van der Waals surface area contributed by atoms with Crippen LogP contribution in [-0.2, 0) is 12.0 Å². The van der Waals surface area contributed by atoms with Gasteiger partial charge in [0.1, 0.15) is 0 Å². The van der Waals surface area contributed by atoms with Crippen molar-refractivity contribution < 1.29 is 0 Å². The van der Waals surface area contributed by atoms with E-state index in [-0.39, 0.29) is 29.4 Å². The number of halogens is 2. The zero-order chi connectivity index (χ0) is 15.4. The first-order valence-corrected chi connectivity index (χ1v) is 7.78. The lowest BCUT2D eigenvalue weighted by Gasteiger charge is -2.19. The normalized spacial score (nSPS) is 15.7.